The predicted molar refractivity (Wildman–Crippen MR) is 67.2 cm³/mol. The number of hydrogen-bond acceptors (Lipinski definition) is 3. The van der Waals surface area contributed by atoms with E-state index in [-0.39, 0.29) is 0 Å². The summed E-state index contributed by atoms with van der Waals surface area (Å²) in [6.45, 7) is 7.08. The molecular weight excluding hydrogens is 200 g/mol. The van der Waals surface area contributed by atoms with Crippen molar-refractivity contribution in [2.75, 3.05) is 20.1 Å². The molecule has 1 unspecified atom stereocenters. The molecule has 3 heteroatoms. The van der Waals surface area contributed by atoms with Gasteiger partial charge in [-0.05, 0) is 45.5 Å². The van der Waals surface area contributed by atoms with Gasteiger partial charge < -0.3 is 15.1 Å². The van der Waals surface area contributed by atoms with Crippen molar-refractivity contribution in [2.45, 2.75) is 33.2 Å². The first-order chi connectivity index (χ1) is 7.67. The topological polar surface area (TPSA) is 42.4 Å². The molecule has 2 N–H and O–H groups in total. The summed E-state index contributed by atoms with van der Waals surface area (Å²) < 4.78 is 5.29. The van der Waals surface area contributed by atoms with E-state index in [4.69, 9.17) is 10.2 Å². The number of furan rings is 1. The van der Waals surface area contributed by atoms with Crippen LogP contribution in [0.25, 0.3) is 0 Å². The standard InChI is InChI=1S/C13H24N2O/c1-4-12(9-14)5-7-15(3)10-13-6-8-16-11(13)2/h6,8,12H,4-5,7,9-10,14H2,1-3H3. The highest BCUT2D eigenvalue weighted by Gasteiger charge is 2.08. The summed E-state index contributed by atoms with van der Waals surface area (Å²) in [5.41, 5.74) is 6.98. The van der Waals surface area contributed by atoms with E-state index >= 15 is 0 Å². The molecule has 0 radical (unpaired) electrons. The van der Waals surface area contributed by atoms with Crippen molar-refractivity contribution >= 4 is 0 Å². The van der Waals surface area contributed by atoms with Gasteiger partial charge in [-0.2, -0.15) is 0 Å². The summed E-state index contributed by atoms with van der Waals surface area (Å²) in [4.78, 5) is 2.33. The van der Waals surface area contributed by atoms with E-state index in [0.29, 0.717) is 5.92 Å². The Bertz CT molecular complexity index is 292. The average Bonchev–Trinajstić information content (AvgIpc) is 2.66. The zero-order valence-electron chi connectivity index (χ0n) is 10.7. The minimum absolute atomic E-state index is 0.660. The van der Waals surface area contributed by atoms with Gasteiger partial charge in [-0.15, -0.1) is 0 Å². The van der Waals surface area contributed by atoms with E-state index in [1.54, 1.807) is 6.26 Å². The van der Waals surface area contributed by atoms with E-state index in [0.717, 1.165) is 25.4 Å². The van der Waals surface area contributed by atoms with Crippen LogP contribution in [-0.4, -0.2) is 25.0 Å². The van der Waals surface area contributed by atoms with E-state index < -0.39 is 0 Å². The van der Waals surface area contributed by atoms with Gasteiger partial charge in [-0.3, -0.25) is 0 Å². The van der Waals surface area contributed by atoms with Crippen LogP contribution in [0, 0.1) is 12.8 Å². The molecule has 0 spiro atoms. The molecule has 0 fully saturated rings. The van der Waals surface area contributed by atoms with Crippen LogP contribution in [0.4, 0.5) is 0 Å². The van der Waals surface area contributed by atoms with Crippen molar-refractivity contribution in [1.82, 2.24) is 4.90 Å². The molecule has 16 heavy (non-hydrogen) atoms. The Balaban J connectivity index is 2.31. The van der Waals surface area contributed by atoms with Crippen LogP contribution in [0.15, 0.2) is 16.7 Å². The highest BCUT2D eigenvalue weighted by Crippen LogP contribution is 2.12. The zero-order chi connectivity index (χ0) is 12.0. The van der Waals surface area contributed by atoms with Crippen LogP contribution in [0.1, 0.15) is 31.1 Å². The van der Waals surface area contributed by atoms with Gasteiger partial charge in [0.2, 0.25) is 0 Å². The molecular formula is C13H24N2O. The highest BCUT2D eigenvalue weighted by molar-refractivity contribution is 5.14. The normalized spacial score (nSPS) is 13.3. The van der Waals surface area contributed by atoms with Gasteiger partial charge in [0, 0.05) is 12.1 Å². The van der Waals surface area contributed by atoms with Crippen LogP contribution in [0.2, 0.25) is 0 Å². The van der Waals surface area contributed by atoms with E-state index in [9.17, 15) is 0 Å². The third-order valence-corrected chi connectivity index (χ3v) is 3.24. The number of nitrogens with two attached hydrogens (primary N) is 1. The maximum Gasteiger partial charge on any atom is 0.105 e. The van der Waals surface area contributed by atoms with Gasteiger partial charge in [0.25, 0.3) is 0 Å². The second-order valence-electron chi connectivity index (χ2n) is 4.54. The Morgan fingerprint density at radius 1 is 1.50 bits per heavy atom. The van der Waals surface area contributed by atoms with Crippen LogP contribution >= 0.6 is 0 Å². The van der Waals surface area contributed by atoms with Gasteiger partial charge in [0.15, 0.2) is 0 Å². The van der Waals surface area contributed by atoms with Crippen molar-refractivity contribution in [1.29, 1.82) is 0 Å². The fraction of sp³-hybridized carbons (Fsp3) is 0.692. The molecule has 0 aliphatic rings. The molecule has 0 aliphatic heterocycles. The quantitative estimate of drug-likeness (QED) is 0.773. The fourth-order valence-corrected chi connectivity index (χ4v) is 1.84. The molecule has 0 aromatic carbocycles. The molecule has 1 atom stereocenters. The van der Waals surface area contributed by atoms with E-state index in [1.165, 1.54) is 18.4 Å². The van der Waals surface area contributed by atoms with Crippen LogP contribution in [0.5, 0.6) is 0 Å². The molecule has 1 aromatic rings. The molecule has 0 aliphatic carbocycles. The minimum atomic E-state index is 0.660. The number of nitrogens with zero attached hydrogens (tertiary/aromatic N) is 1. The maximum absolute atomic E-state index is 5.70. The second-order valence-corrected chi connectivity index (χ2v) is 4.54. The van der Waals surface area contributed by atoms with E-state index in [2.05, 4.69) is 18.9 Å². The molecule has 0 bridgehead atoms. The lowest BCUT2D eigenvalue weighted by Gasteiger charge is -2.19. The minimum Gasteiger partial charge on any atom is -0.469 e. The van der Waals surface area contributed by atoms with Gasteiger partial charge >= 0.3 is 0 Å². The molecule has 1 heterocycles. The molecule has 0 amide bonds. The SMILES string of the molecule is CCC(CN)CCN(C)Cc1ccoc1C. The fourth-order valence-electron chi connectivity index (χ4n) is 1.84. The smallest absolute Gasteiger partial charge is 0.105 e. The molecule has 1 aromatic heterocycles. The van der Waals surface area contributed by atoms with Crippen molar-refractivity contribution in [3.05, 3.63) is 23.7 Å². The number of aryl methyl sites for hydroxylation is 1. The summed E-state index contributed by atoms with van der Waals surface area (Å²) in [6, 6.07) is 2.05. The first kappa shape index (κ1) is 13.3. The Hall–Kier alpha value is -0.800. The van der Waals surface area contributed by atoms with Crippen molar-refractivity contribution < 1.29 is 4.42 Å². The van der Waals surface area contributed by atoms with Crippen molar-refractivity contribution in [3.63, 3.8) is 0 Å². The summed E-state index contributed by atoms with van der Waals surface area (Å²) in [6.07, 6.45) is 4.11. The van der Waals surface area contributed by atoms with Gasteiger partial charge in [-0.1, -0.05) is 13.3 Å². The number of rotatable bonds is 7. The second kappa shape index (κ2) is 6.71. The molecule has 3 nitrogen and oxygen atoms in total. The lowest BCUT2D eigenvalue weighted by Crippen LogP contribution is -2.24. The highest BCUT2D eigenvalue weighted by atomic mass is 16.3. The van der Waals surface area contributed by atoms with Crippen LogP contribution < -0.4 is 5.73 Å². The Morgan fingerprint density at radius 2 is 2.25 bits per heavy atom. The third kappa shape index (κ3) is 3.99. The molecule has 1 rings (SSSR count). The van der Waals surface area contributed by atoms with Crippen LogP contribution in [-0.2, 0) is 6.54 Å². The summed E-state index contributed by atoms with van der Waals surface area (Å²) >= 11 is 0. The number of hydrogen-bond donors (Lipinski definition) is 1. The molecule has 92 valence electrons. The predicted octanol–water partition coefficient (Wildman–Crippen LogP) is 2.39. The lowest BCUT2D eigenvalue weighted by atomic mass is 10.0. The van der Waals surface area contributed by atoms with Crippen molar-refractivity contribution in [2.24, 2.45) is 11.7 Å². The van der Waals surface area contributed by atoms with E-state index in [1.807, 2.05) is 13.0 Å². The van der Waals surface area contributed by atoms with Gasteiger partial charge in [0.05, 0.1) is 6.26 Å². The summed E-state index contributed by atoms with van der Waals surface area (Å²) in [5.74, 6) is 1.69. The first-order valence-electron chi connectivity index (χ1n) is 6.09. The maximum atomic E-state index is 5.70. The average molecular weight is 224 g/mol. The zero-order valence-corrected chi connectivity index (χ0v) is 10.7. The Kier molecular flexibility index (Phi) is 5.56. The first-order valence-corrected chi connectivity index (χ1v) is 6.09. The lowest BCUT2D eigenvalue weighted by molar-refractivity contribution is 0.290. The van der Waals surface area contributed by atoms with Gasteiger partial charge in [-0.25, -0.2) is 0 Å². The Labute approximate surface area is 98.6 Å². The molecule has 0 saturated carbocycles. The van der Waals surface area contributed by atoms with Gasteiger partial charge in [0.1, 0.15) is 5.76 Å². The summed E-state index contributed by atoms with van der Waals surface area (Å²) in [7, 11) is 2.15. The molecule has 0 saturated heterocycles. The summed E-state index contributed by atoms with van der Waals surface area (Å²) in [5, 5.41) is 0. The Morgan fingerprint density at radius 3 is 2.75 bits per heavy atom. The van der Waals surface area contributed by atoms with Crippen molar-refractivity contribution in [3.8, 4) is 0 Å². The van der Waals surface area contributed by atoms with Crippen LogP contribution in [0.3, 0.4) is 0 Å². The monoisotopic (exact) mass is 224 g/mol. The largest absolute Gasteiger partial charge is 0.469 e. The third-order valence-electron chi connectivity index (χ3n) is 3.24.